The van der Waals surface area contributed by atoms with Crippen molar-refractivity contribution < 1.29 is 23.4 Å². The number of aromatic nitrogens is 2. The third-order valence-electron chi connectivity index (χ3n) is 6.31. The average molecular weight is 556 g/mol. The Kier molecular flexibility index (Phi) is 9.70. The van der Waals surface area contributed by atoms with Gasteiger partial charge >= 0.3 is 6.61 Å². The molecule has 1 aliphatic rings. The molecule has 1 atom stereocenters. The molecule has 10 nitrogen and oxygen atoms in total. The van der Waals surface area contributed by atoms with Gasteiger partial charge in [0.1, 0.15) is 12.0 Å². The molecule has 0 bridgehead atoms. The minimum Gasteiger partial charge on any atom is -0.433 e. The molecule has 0 spiro atoms. The minimum absolute atomic E-state index is 0.0993. The van der Waals surface area contributed by atoms with Gasteiger partial charge in [0.25, 0.3) is 0 Å². The van der Waals surface area contributed by atoms with Crippen molar-refractivity contribution in [3.8, 4) is 5.75 Å². The lowest BCUT2D eigenvalue weighted by atomic mass is 9.97. The number of hydrogen-bond acceptors (Lipinski definition) is 10. The number of nitrogens with one attached hydrogen (secondary N) is 3. The number of benzene rings is 2. The van der Waals surface area contributed by atoms with Gasteiger partial charge in [-0.2, -0.15) is 13.8 Å². The predicted octanol–water partition coefficient (Wildman–Crippen LogP) is 4.59. The number of halogens is 2. The molecule has 1 unspecified atom stereocenters. The monoisotopic (exact) mass is 555 g/mol. The van der Waals surface area contributed by atoms with Gasteiger partial charge in [-0.25, -0.2) is 4.98 Å². The largest absolute Gasteiger partial charge is 0.433 e. The maximum Gasteiger partial charge on any atom is 0.387 e. The lowest BCUT2D eigenvalue weighted by Crippen LogP contribution is -2.29. The van der Waals surface area contributed by atoms with Crippen LogP contribution in [0.4, 0.5) is 43.3 Å². The van der Waals surface area contributed by atoms with E-state index in [4.69, 9.17) is 9.47 Å². The Morgan fingerprint density at radius 1 is 1.12 bits per heavy atom. The topological polar surface area (TPSA) is 107 Å². The van der Waals surface area contributed by atoms with Gasteiger partial charge in [-0.3, -0.25) is 0 Å². The highest BCUT2D eigenvalue weighted by molar-refractivity contribution is 5.81. The summed E-state index contributed by atoms with van der Waals surface area (Å²) in [7, 11) is 5.71. The van der Waals surface area contributed by atoms with E-state index in [9.17, 15) is 13.9 Å². The Morgan fingerprint density at radius 2 is 1.93 bits per heavy atom. The smallest absolute Gasteiger partial charge is 0.387 e. The molecule has 0 radical (unpaired) electrons. The molecule has 1 aliphatic heterocycles. The van der Waals surface area contributed by atoms with Crippen LogP contribution in [0.5, 0.6) is 5.75 Å². The van der Waals surface area contributed by atoms with Crippen molar-refractivity contribution in [3.05, 3.63) is 66.9 Å². The molecular weight excluding hydrogens is 520 g/mol. The molecule has 2 aromatic carbocycles. The summed E-state index contributed by atoms with van der Waals surface area (Å²) < 4.78 is 37.0. The average Bonchev–Trinajstić information content (AvgIpc) is 2.87. The summed E-state index contributed by atoms with van der Waals surface area (Å²) in [6.07, 6.45) is 1.81. The first-order valence-electron chi connectivity index (χ1n) is 12.8. The second-order valence-electron chi connectivity index (χ2n) is 9.67. The van der Waals surface area contributed by atoms with Crippen LogP contribution in [0.3, 0.4) is 0 Å². The summed E-state index contributed by atoms with van der Waals surface area (Å²) in [5, 5.41) is 19.4. The molecule has 1 fully saturated rings. The number of alkyl halides is 2. The maximum absolute atomic E-state index is 13.4. The number of ether oxygens (including phenoxy) is 2. The molecule has 4 rings (SSSR count). The zero-order valence-corrected chi connectivity index (χ0v) is 22.8. The van der Waals surface area contributed by atoms with Gasteiger partial charge in [-0.1, -0.05) is 18.7 Å². The minimum atomic E-state index is -3.06. The molecule has 1 saturated heterocycles. The van der Waals surface area contributed by atoms with Crippen LogP contribution in [0.2, 0.25) is 0 Å². The fourth-order valence-electron chi connectivity index (χ4n) is 4.04. The molecule has 4 N–H and O–H groups in total. The van der Waals surface area contributed by atoms with Crippen LogP contribution in [0.25, 0.3) is 0 Å². The van der Waals surface area contributed by atoms with E-state index >= 15 is 0 Å². The third-order valence-corrected chi connectivity index (χ3v) is 6.31. The van der Waals surface area contributed by atoms with Crippen molar-refractivity contribution in [1.82, 2.24) is 14.9 Å². The Bertz CT molecular complexity index is 1290. The molecule has 0 aliphatic carbocycles. The van der Waals surface area contributed by atoms with Crippen LogP contribution in [-0.2, 0) is 4.74 Å². The lowest BCUT2D eigenvalue weighted by Gasteiger charge is -2.27. The van der Waals surface area contributed by atoms with E-state index in [0.29, 0.717) is 42.9 Å². The van der Waals surface area contributed by atoms with Crippen molar-refractivity contribution in [3.63, 3.8) is 0 Å². The number of nitrogens with zero attached hydrogens (tertiary/aromatic N) is 4. The van der Waals surface area contributed by atoms with Gasteiger partial charge in [0.2, 0.25) is 5.95 Å². The quantitative estimate of drug-likeness (QED) is 0.167. The fraction of sp³-hybridized carbons (Fsp3) is 0.357. The highest BCUT2D eigenvalue weighted by Crippen LogP contribution is 2.39. The third kappa shape index (κ3) is 7.78. The Balaban J connectivity index is 1.62. The number of aliphatic hydroxyl groups excluding tert-OH is 1. The van der Waals surface area contributed by atoms with E-state index in [1.807, 2.05) is 49.1 Å². The number of rotatable bonds is 14. The first kappa shape index (κ1) is 29.0. The van der Waals surface area contributed by atoms with Crippen LogP contribution in [0.15, 0.2) is 61.3 Å². The van der Waals surface area contributed by atoms with Crippen LogP contribution in [0.1, 0.15) is 11.5 Å². The summed E-state index contributed by atoms with van der Waals surface area (Å²) in [5.41, 5.74) is 3.24. The van der Waals surface area contributed by atoms with Crippen molar-refractivity contribution in [2.24, 2.45) is 0 Å². The van der Waals surface area contributed by atoms with Crippen molar-refractivity contribution in [2.45, 2.75) is 18.8 Å². The first-order chi connectivity index (χ1) is 19.2. The number of aliphatic hydroxyl groups is 1. The van der Waals surface area contributed by atoms with Crippen LogP contribution in [-0.4, -0.2) is 80.3 Å². The molecule has 0 saturated carbocycles. The number of likely N-dealkylation sites (N-methyl/N-ethyl adjacent to an activating group) is 2. The standard InChI is InChI=1S/C28H35F2N7O3/c1-5-26(38)33-21-14-22(24(40-27(29)30)15-23(21)37(4)12-11-36(2)3)34-28-31-10-9-25(35-28)32-20-8-6-7-18(13-20)19-16-39-17-19/h5-10,13-15,19,26-27,33,38H,1,11-12,16-17H2,2-4H3,(H2,31,32,34,35). The summed E-state index contributed by atoms with van der Waals surface area (Å²) in [5.74, 6) is 0.954. The zero-order chi connectivity index (χ0) is 28.6. The van der Waals surface area contributed by atoms with E-state index in [0.717, 1.165) is 12.2 Å². The van der Waals surface area contributed by atoms with Crippen LogP contribution >= 0.6 is 0 Å². The summed E-state index contributed by atoms with van der Waals surface area (Å²) in [6.45, 7) is 3.27. The van der Waals surface area contributed by atoms with Gasteiger partial charge in [-0.05, 0) is 50.0 Å². The van der Waals surface area contributed by atoms with E-state index in [1.165, 1.54) is 17.7 Å². The van der Waals surface area contributed by atoms with Gasteiger partial charge in [0.15, 0.2) is 5.75 Å². The van der Waals surface area contributed by atoms with Gasteiger partial charge < -0.3 is 40.3 Å². The van der Waals surface area contributed by atoms with Crippen molar-refractivity contribution >= 4 is 34.5 Å². The molecule has 12 heteroatoms. The lowest BCUT2D eigenvalue weighted by molar-refractivity contribution is -0.0493. The Labute approximate surface area is 232 Å². The molecular formula is C28H35F2N7O3. The highest BCUT2D eigenvalue weighted by atomic mass is 19.3. The summed E-state index contributed by atoms with van der Waals surface area (Å²) in [4.78, 5) is 12.6. The van der Waals surface area contributed by atoms with Crippen molar-refractivity contribution in [1.29, 1.82) is 0 Å². The van der Waals surface area contributed by atoms with Crippen LogP contribution < -0.4 is 25.6 Å². The van der Waals surface area contributed by atoms with Gasteiger partial charge in [-0.15, -0.1) is 0 Å². The van der Waals surface area contributed by atoms with Crippen molar-refractivity contribution in [2.75, 3.05) is 68.3 Å². The predicted molar refractivity (Wildman–Crippen MR) is 153 cm³/mol. The van der Waals surface area contributed by atoms with E-state index in [-0.39, 0.29) is 17.4 Å². The summed E-state index contributed by atoms with van der Waals surface area (Å²) >= 11 is 0. The Hall–Kier alpha value is -4.00. The number of anilines is 6. The van der Waals surface area contributed by atoms with Gasteiger partial charge in [0, 0.05) is 44.0 Å². The molecule has 0 amide bonds. The number of hydrogen-bond donors (Lipinski definition) is 4. The molecule has 2 heterocycles. The second kappa shape index (κ2) is 13.4. The van der Waals surface area contributed by atoms with E-state index in [1.54, 1.807) is 18.3 Å². The van der Waals surface area contributed by atoms with Gasteiger partial charge in [0.05, 0.1) is 30.3 Å². The molecule has 40 heavy (non-hydrogen) atoms. The molecule has 214 valence electrons. The second-order valence-corrected chi connectivity index (χ2v) is 9.67. The van der Waals surface area contributed by atoms with E-state index in [2.05, 4.69) is 38.6 Å². The fourth-order valence-corrected chi connectivity index (χ4v) is 4.04. The molecule has 3 aromatic rings. The molecule has 1 aromatic heterocycles. The van der Waals surface area contributed by atoms with E-state index < -0.39 is 12.8 Å². The highest BCUT2D eigenvalue weighted by Gasteiger charge is 2.21. The first-order valence-corrected chi connectivity index (χ1v) is 12.8. The zero-order valence-electron chi connectivity index (χ0n) is 22.8. The SMILES string of the molecule is C=CC(O)Nc1cc(Nc2nccc(Nc3cccc(C4COC4)c3)n2)c(OC(F)F)cc1N(C)CCN(C)C. The van der Waals surface area contributed by atoms with Crippen LogP contribution in [0, 0.1) is 0 Å². The summed E-state index contributed by atoms with van der Waals surface area (Å²) in [6, 6.07) is 12.8. The maximum atomic E-state index is 13.4. The normalized spacial score (nSPS) is 14.0. The Morgan fingerprint density at radius 3 is 2.60 bits per heavy atom.